The van der Waals surface area contributed by atoms with E-state index in [1.807, 2.05) is 30.7 Å². The summed E-state index contributed by atoms with van der Waals surface area (Å²) in [5.41, 5.74) is 1.68. The monoisotopic (exact) mass is 284 g/mol. The van der Waals surface area contributed by atoms with Crippen molar-refractivity contribution >= 4 is 0 Å². The molecule has 2 rings (SSSR count). The molecule has 0 aliphatic carbocycles. The maximum atomic E-state index is 9.05. The van der Waals surface area contributed by atoms with Gasteiger partial charge >= 0.3 is 0 Å². The largest absolute Gasteiger partial charge is 0.495 e. The summed E-state index contributed by atoms with van der Waals surface area (Å²) >= 11 is 0. The second-order valence-electron chi connectivity index (χ2n) is 4.83. The summed E-state index contributed by atoms with van der Waals surface area (Å²) in [4.78, 5) is 4.02. The number of unbranched alkanes of at least 4 members (excludes halogenated alkanes) is 1. The molecule has 1 aromatic heterocycles. The minimum absolute atomic E-state index is 0.580. The van der Waals surface area contributed by atoms with Gasteiger partial charge in [-0.05, 0) is 37.1 Å². The van der Waals surface area contributed by atoms with Crippen LogP contribution in [0.15, 0.2) is 36.9 Å². The Morgan fingerprint density at radius 2 is 2.29 bits per heavy atom. The van der Waals surface area contributed by atoms with Gasteiger partial charge in [-0.15, -0.1) is 0 Å². The van der Waals surface area contributed by atoms with Crippen molar-refractivity contribution < 1.29 is 4.74 Å². The molecular weight excluding hydrogens is 264 g/mol. The van der Waals surface area contributed by atoms with E-state index in [4.69, 9.17) is 10.00 Å². The Balaban J connectivity index is 1.68. The second kappa shape index (κ2) is 8.08. The van der Waals surface area contributed by atoms with Crippen LogP contribution in [0.2, 0.25) is 0 Å². The fraction of sp³-hybridized carbons (Fsp3) is 0.375. The number of hydrogen-bond donors (Lipinski definition) is 1. The first kappa shape index (κ1) is 15.1. The molecule has 2 aromatic rings. The van der Waals surface area contributed by atoms with Gasteiger partial charge in [-0.2, -0.15) is 5.26 Å². The van der Waals surface area contributed by atoms with E-state index in [1.54, 1.807) is 13.3 Å². The standard InChI is InChI=1S/C16H20N4O/c1-21-16-5-4-14(10-15(16)11-17)12-18-6-2-3-8-20-9-7-19-13-20/h4-5,7,9-10,13,18H,2-3,6,8,12H2,1H3. The minimum Gasteiger partial charge on any atom is -0.495 e. The van der Waals surface area contributed by atoms with Gasteiger partial charge in [0.1, 0.15) is 11.8 Å². The number of ether oxygens (including phenoxy) is 1. The molecule has 0 spiro atoms. The Hall–Kier alpha value is -2.32. The van der Waals surface area contributed by atoms with Crippen molar-refractivity contribution in [3.63, 3.8) is 0 Å². The lowest BCUT2D eigenvalue weighted by Crippen LogP contribution is -2.15. The summed E-state index contributed by atoms with van der Waals surface area (Å²) in [6, 6.07) is 7.85. The first-order chi connectivity index (χ1) is 10.3. The van der Waals surface area contributed by atoms with Crippen LogP contribution < -0.4 is 10.1 Å². The van der Waals surface area contributed by atoms with Crippen LogP contribution in [0.1, 0.15) is 24.0 Å². The van der Waals surface area contributed by atoms with Crippen LogP contribution in [0.3, 0.4) is 0 Å². The number of nitriles is 1. The molecule has 0 bridgehead atoms. The van der Waals surface area contributed by atoms with Gasteiger partial charge in [0.25, 0.3) is 0 Å². The summed E-state index contributed by atoms with van der Waals surface area (Å²) in [5, 5.41) is 12.4. The zero-order valence-corrected chi connectivity index (χ0v) is 12.2. The van der Waals surface area contributed by atoms with Gasteiger partial charge in [0.2, 0.25) is 0 Å². The third-order valence-corrected chi connectivity index (χ3v) is 3.29. The van der Waals surface area contributed by atoms with Gasteiger partial charge < -0.3 is 14.6 Å². The highest BCUT2D eigenvalue weighted by atomic mass is 16.5. The quantitative estimate of drug-likeness (QED) is 0.756. The van der Waals surface area contributed by atoms with E-state index >= 15 is 0 Å². The maximum Gasteiger partial charge on any atom is 0.136 e. The van der Waals surface area contributed by atoms with Crippen molar-refractivity contribution in [2.75, 3.05) is 13.7 Å². The summed E-state index contributed by atoms with van der Waals surface area (Å²) in [7, 11) is 1.58. The number of nitrogens with one attached hydrogen (secondary N) is 1. The Bertz CT molecular complexity index is 587. The first-order valence-corrected chi connectivity index (χ1v) is 7.07. The zero-order valence-electron chi connectivity index (χ0n) is 12.2. The molecule has 0 saturated carbocycles. The Kier molecular flexibility index (Phi) is 5.80. The molecule has 1 heterocycles. The first-order valence-electron chi connectivity index (χ1n) is 7.07. The number of benzene rings is 1. The number of aromatic nitrogens is 2. The predicted molar refractivity (Wildman–Crippen MR) is 80.9 cm³/mol. The number of aryl methyl sites for hydroxylation is 1. The summed E-state index contributed by atoms with van der Waals surface area (Å²) in [5.74, 6) is 0.626. The molecule has 5 heteroatoms. The van der Waals surface area contributed by atoms with E-state index in [1.165, 1.54) is 0 Å². The van der Waals surface area contributed by atoms with Crippen molar-refractivity contribution in [2.45, 2.75) is 25.9 Å². The lowest BCUT2D eigenvalue weighted by atomic mass is 10.1. The van der Waals surface area contributed by atoms with Gasteiger partial charge in [0.05, 0.1) is 19.0 Å². The molecule has 5 nitrogen and oxygen atoms in total. The fourth-order valence-corrected chi connectivity index (χ4v) is 2.15. The van der Waals surface area contributed by atoms with Crippen LogP contribution in [-0.2, 0) is 13.1 Å². The molecule has 0 fully saturated rings. The molecule has 0 unspecified atom stereocenters. The van der Waals surface area contributed by atoms with Crippen molar-refractivity contribution in [1.29, 1.82) is 5.26 Å². The van der Waals surface area contributed by atoms with E-state index < -0.39 is 0 Å². The minimum atomic E-state index is 0.580. The highest BCUT2D eigenvalue weighted by Gasteiger charge is 2.03. The smallest absolute Gasteiger partial charge is 0.136 e. The lowest BCUT2D eigenvalue weighted by molar-refractivity contribution is 0.413. The third-order valence-electron chi connectivity index (χ3n) is 3.29. The molecule has 110 valence electrons. The van der Waals surface area contributed by atoms with Crippen molar-refractivity contribution in [3.8, 4) is 11.8 Å². The molecule has 1 N–H and O–H groups in total. The number of hydrogen-bond acceptors (Lipinski definition) is 4. The number of imidazole rings is 1. The van der Waals surface area contributed by atoms with Gasteiger partial charge in [0.15, 0.2) is 0 Å². The van der Waals surface area contributed by atoms with E-state index in [9.17, 15) is 0 Å². The Morgan fingerprint density at radius 1 is 1.38 bits per heavy atom. The average molecular weight is 284 g/mol. The summed E-state index contributed by atoms with van der Waals surface area (Å²) in [6.07, 6.45) is 7.85. The summed E-state index contributed by atoms with van der Waals surface area (Å²) < 4.78 is 7.22. The van der Waals surface area contributed by atoms with Crippen LogP contribution in [0.5, 0.6) is 5.75 Å². The van der Waals surface area contributed by atoms with Gasteiger partial charge in [-0.25, -0.2) is 4.98 Å². The number of nitrogens with zero attached hydrogens (tertiary/aromatic N) is 3. The Morgan fingerprint density at radius 3 is 3.00 bits per heavy atom. The number of methoxy groups -OCH3 is 1. The second-order valence-corrected chi connectivity index (χ2v) is 4.83. The van der Waals surface area contributed by atoms with Crippen LogP contribution in [0, 0.1) is 11.3 Å². The maximum absolute atomic E-state index is 9.05. The van der Waals surface area contributed by atoms with Gasteiger partial charge in [-0.3, -0.25) is 0 Å². The van der Waals surface area contributed by atoms with Crippen LogP contribution in [0.4, 0.5) is 0 Å². The summed E-state index contributed by atoms with van der Waals surface area (Å²) in [6.45, 7) is 2.73. The van der Waals surface area contributed by atoms with Crippen molar-refractivity contribution in [3.05, 3.63) is 48.0 Å². The fourth-order valence-electron chi connectivity index (χ4n) is 2.15. The average Bonchev–Trinajstić information content (AvgIpc) is 3.03. The van der Waals surface area contributed by atoms with Gasteiger partial charge in [0, 0.05) is 25.5 Å². The SMILES string of the molecule is COc1ccc(CNCCCCn2ccnc2)cc1C#N. The normalized spacial score (nSPS) is 10.3. The molecule has 0 radical (unpaired) electrons. The van der Waals surface area contributed by atoms with E-state index in [-0.39, 0.29) is 0 Å². The Labute approximate surface area is 125 Å². The molecule has 0 amide bonds. The molecule has 0 aliphatic rings. The highest BCUT2D eigenvalue weighted by molar-refractivity contribution is 5.45. The van der Waals surface area contributed by atoms with Crippen molar-refractivity contribution in [1.82, 2.24) is 14.9 Å². The zero-order chi connectivity index (χ0) is 14.9. The molecule has 0 aliphatic heterocycles. The van der Waals surface area contributed by atoms with E-state index in [0.29, 0.717) is 11.3 Å². The lowest BCUT2D eigenvalue weighted by Gasteiger charge is -2.08. The molecule has 0 atom stereocenters. The topological polar surface area (TPSA) is 62.9 Å². The molecule has 0 saturated heterocycles. The number of rotatable bonds is 8. The third kappa shape index (κ3) is 4.62. The molecular formula is C16H20N4O. The van der Waals surface area contributed by atoms with Crippen molar-refractivity contribution in [2.24, 2.45) is 0 Å². The molecule has 21 heavy (non-hydrogen) atoms. The molecule has 1 aromatic carbocycles. The van der Waals surface area contributed by atoms with Gasteiger partial charge in [-0.1, -0.05) is 6.07 Å². The van der Waals surface area contributed by atoms with E-state index in [2.05, 4.69) is 20.9 Å². The highest BCUT2D eigenvalue weighted by Crippen LogP contribution is 2.18. The van der Waals surface area contributed by atoms with Crippen LogP contribution in [0.25, 0.3) is 0 Å². The van der Waals surface area contributed by atoms with E-state index in [0.717, 1.165) is 38.0 Å². The predicted octanol–water partition coefficient (Wildman–Crippen LogP) is 2.33. The van der Waals surface area contributed by atoms with Crippen LogP contribution >= 0.6 is 0 Å². The van der Waals surface area contributed by atoms with Crippen LogP contribution in [-0.4, -0.2) is 23.2 Å².